The Bertz CT molecular complexity index is 381. The van der Waals surface area contributed by atoms with E-state index >= 15 is 0 Å². The third kappa shape index (κ3) is 3.34. The smallest absolute Gasteiger partial charge is 0.380 e. The van der Waals surface area contributed by atoms with Crippen LogP contribution in [-0.4, -0.2) is 22.6 Å². The molecule has 0 saturated carbocycles. The molecule has 1 aromatic carbocycles. The number of aliphatic carboxylic acids is 1. The second-order valence-electron chi connectivity index (χ2n) is 3.04. The van der Waals surface area contributed by atoms with Gasteiger partial charge in [-0.15, -0.1) is 0 Å². The van der Waals surface area contributed by atoms with Crippen molar-refractivity contribution in [2.75, 3.05) is 0 Å². The summed E-state index contributed by atoms with van der Waals surface area (Å²) in [4.78, 5) is 31.9. The fraction of sp³-hybridized carbons (Fsp3) is 0.182. The molecule has 0 amide bonds. The van der Waals surface area contributed by atoms with E-state index in [0.717, 1.165) is 5.56 Å². The van der Waals surface area contributed by atoms with Crippen LogP contribution in [-0.2, 0) is 20.8 Å². The molecule has 4 nitrogen and oxygen atoms in total. The molecule has 0 unspecified atom stereocenters. The third-order valence-electron chi connectivity index (χ3n) is 1.93. The normalized spacial score (nSPS) is 9.60. The highest BCUT2D eigenvalue weighted by Crippen LogP contribution is 2.03. The summed E-state index contributed by atoms with van der Waals surface area (Å²) in [6.07, 6.45) is 0.327. The van der Waals surface area contributed by atoms with E-state index in [1.54, 1.807) is 0 Å². The van der Waals surface area contributed by atoms with Crippen LogP contribution in [0.25, 0.3) is 0 Å². The quantitative estimate of drug-likeness (QED) is 0.572. The second-order valence-corrected chi connectivity index (χ2v) is 3.04. The van der Waals surface area contributed by atoms with Gasteiger partial charge in [-0.3, -0.25) is 9.59 Å². The van der Waals surface area contributed by atoms with E-state index in [9.17, 15) is 14.4 Å². The van der Waals surface area contributed by atoms with Gasteiger partial charge in [0, 0.05) is 6.42 Å². The van der Waals surface area contributed by atoms with E-state index in [0.29, 0.717) is 6.42 Å². The number of hydrogen-bond acceptors (Lipinski definition) is 3. The van der Waals surface area contributed by atoms with Gasteiger partial charge in [0.2, 0.25) is 5.78 Å². The summed E-state index contributed by atoms with van der Waals surface area (Å²) in [5.74, 6) is -3.88. The number of rotatable bonds is 5. The van der Waals surface area contributed by atoms with Crippen molar-refractivity contribution < 1.29 is 19.5 Å². The summed E-state index contributed by atoms with van der Waals surface area (Å²) in [6.45, 7) is 0. The maximum atomic E-state index is 11.0. The molecule has 0 aliphatic carbocycles. The van der Waals surface area contributed by atoms with Crippen LogP contribution in [0.2, 0.25) is 0 Å². The van der Waals surface area contributed by atoms with Gasteiger partial charge in [-0.25, -0.2) is 4.79 Å². The van der Waals surface area contributed by atoms with Crippen molar-refractivity contribution in [1.82, 2.24) is 0 Å². The molecule has 15 heavy (non-hydrogen) atoms. The first-order valence-corrected chi connectivity index (χ1v) is 4.45. The lowest BCUT2D eigenvalue weighted by atomic mass is 10.1. The minimum absolute atomic E-state index is 0.0604. The number of carbonyl (C=O) groups excluding carboxylic acids is 2. The number of ketones is 2. The molecule has 4 heteroatoms. The lowest BCUT2D eigenvalue weighted by Crippen LogP contribution is -2.23. The monoisotopic (exact) mass is 206 g/mol. The van der Waals surface area contributed by atoms with Gasteiger partial charge in [0.25, 0.3) is 0 Å². The summed E-state index contributed by atoms with van der Waals surface area (Å²) in [5.41, 5.74) is 0.907. The van der Waals surface area contributed by atoms with E-state index in [1.807, 2.05) is 30.3 Å². The maximum Gasteiger partial charge on any atom is 0.380 e. The minimum atomic E-state index is -1.69. The molecular formula is C11H10O4. The fourth-order valence-corrected chi connectivity index (χ4v) is 1.14. The van der Waals surface area contributed by atoms with Crippen LogP contribution in [0, 0.1) is 0 Å². The number of aryl methyl sites for hydroxylation is 1. The number of benzene rings is 1. The van der Waals surface area contributed by atoms with Crippen LogP contribution in [0.4, 0.5) is 0 Å². The Morgan fingerprint density at radius 1 is 1.07 bits per heavy atom. The number of carbonyl (C=O) groups is 3. The Kier molecular flexibility index (Phi) is 3.74. The highest BCUT2D eigenvalue weighted by atomic mass is 16.4. The Morgan fingerprint density at radius 2 is 1.67 bits per heavy atom. The van der Waals surface area contributed by atoms with Gasteiger partial charge < -0.3 is 5.11 Å². The zero-order valence-corrected chi connectivity index (χ0v) is 7.97. The average Bonchev–Trinajstić information content (AvgIpc) is 2.26. The van der Waals surface area contributed by atoms with Gasteiger partial charge in [0.05, 0.1) is 0 Å². The number of carboxylic acids is 1. The van der Waals surface area contributed by atoms with Gasteiger partial charge in [-0.05, 0) is 12.0 Å². The van der Waals surface area contributed by atoms with Gasteiger partial charge in [-0.2, -0.15) is 0 Å². The van der Waals surface area contributed by atoms with Crippen LogP contribution in [0.1, 0.15) is 12.0 Å². The molecule has 0 fully saturated rings. The largest absolute Gasteiger partial charge is 0.475 e. The number of hydrogen-bond donors (Lipinski definition) is 1. The van der Waals surface area contributed by atoms with Crippen LogP contribution in [0.15, 0.2) is 30.3 Å². The summed E-state index contributed by atoms with van der Waals surface area (Å²) in [7, 11) is 0. The van der Waals surface area contributed by atoms with Crippen molar-refractivity contribution in [1.29, 1.82) is 0 Å². The molecule has 78 valence electrons. The lowest BCUT2D eigenvalue weighted by Gasteiger charge is -1.98. The van der Waals surface area contributed by atoms with Crippen molar-refractivity contribution >= 4 is 17.5 Å². The summed E-state index contributed by atoms with van der Waals surface area (Å²) >= 11 is 0. The van der Waals surface area contributed by atoms with Crippen LogP contribution in [0.3, 0.4) is 0 Å². The predicted molar refractivity (Wildman–Crippen MR) is 52.4 cm³/mol. The van der Waals surface area contributed by atoms with Gasteiger partial charge >= 0.3 is 11.8 Å². The van der Waals surface area contributed by atoms with Crippen LogP contribution < -0.4 is 0 Å². The molecule has 1 N–H and O–H groups in total. The Hall–Kier alpha value is -1.97. The molecule has 0 saturated heterocycles. The molecule has 0 heterocycles. The van der Waals surface area contributed by atoms with Crippen molar-refractivity contribution in [3.8, 4) is 0 Å². The van der Waals surface area contributed by atoms with Crippen molar-refractivity contribution in [3.63, 3.8) is 0 Å². The molecule has 0 spiro atoms. The molecule has 0 atom stereocenters. The highest BCUT2D eigenvalue weighted by molar-refractivity contribution is 6.61. The standard InChI is InChI=1S/C11H10O4/c12-9(10(13)11(14)15)7-6-8-4-2-1-3-5-8/h1-5H,6-7H2,(H,14,15). The Labute approximate surface area is 86.5 Å². The molecule has 0 bridgehead atoms. The Balaban J connectivity index is 2.48. The van der Waals surface area contributed by atoms with Gasteiger partial charge in [0.1, 0.15) is 0 Å². The summed E-state index contributed by atoms with van der Waals surface area (Å²) in [5, 5.41) is 8.28. The Morgan fingerprint density at radius 3 is 2.20 bits per heavy atom. The molecular weight excluding hydrogens is 196 g/mol. The van der Waals surface area contributed by atoms with E-state index in [4.69, 9.17) is 5.11 Å². The molecule has 0 aromatic heterocycles. The topological polar surface area (TPSA) is 71.4 Å². The zero-order chi connectivity index (χ0) is 11.3. The second kappa shape index (κ2) is 5.05. The molecule has 0 aliphatic heterocycles. The first-order valence-electron chi connectivity index (χ1n) is 4.45. The van der Waals surface area contributed by atoms with Crippen LogP contribution in [0.5, 0.6) is 0 Å². The molecule has 1 rings (SSSR count). The lowest BCUT2D eigenvalue weighted by molar-refractivity contribution is -0.152. The van der Waals surface area contributed by atoms with E-state index in [2.05, 4.69) is 0 Å². The van der Waals surface area contributed by atoms with Crippen molar-refractivity contribution in [2.45, 2.75) is 12.8 Å². The number of carboxylic acid groups (broad SMARTS) is 1. The van der Waals surface area contributed by atoms with Gasteiger partial charge in [0.15, 0.2) is 0 Å². The predicted octanol–water partition coefficient (Wildman–Crippen LogP) is 0.842. The van der Waals surface area contributed by atoms with Crippen LogP contribution >= 0.6 is 0 Å². The van der Waals surface area contributed by atoms with E-state index in [1.165, 1.54) is 0 Å². The van der Waals surface area contributed by atoms with E-state index < -0.39 is 17.5 Å². The first kappa shape index (κ1) is 11.1. The van der Waals surface area contributed by atoms with Crippen molar-refractivity contribution in [3.05, 3.63) is 35.9 Å². The van der Waals surface area contributed by atoms with E-state index in [-0.39, 0.29) is 6.42 Å². The molecule has 1 aromatic rings. The SMILES string of the molecule is O=C(O)C(=O)C(=O)CCc1ccccc1. The minimum Gasteiger partial charge on any atom is -0.475 e. The highest BCUT2D eigenvalue weighted by Gasteiger charge is 2.20. The third-order valence-corrected chi connectivity index (χ3v) is 1.93. The van der Waals surface area contributed by atoms with Gasteiger partial charge in [-0.1, -0.05) is 30.3 Å². The summed E-state index contributed by atoms with van der Waals surface area (Å²) in [6, 6.07) is 9.11. The fourth-order valence-electron chi connectivity index (χ4n) is 1.14. The zero-order valence-electron chi connectivity index (χ0n) is 7.97. The maximum absolute atomic E-state index is 11.0. The summed E-state index contributed by atoms with van der Waals surface area (Å²) < 4.78 is 0. The molecule has 0 radical (unpaired) electrons. The first-order chi connectivity index (χ1) is 7.11. The number of Topliss-reactive ketones (excluding diaryl/α,β-unsaturated/α-hetero) is 2. The molecule has 0 aliphatic rings. The average molecular weight is 206 g/mol. The van der Waals surface area contributed by atoms with Crippen molar-refractivity contribution in [2.24, 2.45) is 0 Å².